The fourth-order valence-electron chi connectivity index (χ4n) is 2.85. The minimum atomic E-state index is -0.828. The molecule has 1 heterocycles. The minimum absolute atomic E-state index is 0.0244. The highest BCUT2D eigenvalue weighted by Gasteiger charge is 2.20. The van der Waals surface area contributed by atoms with Gasteiger partial charge in [-0.1, -0.05) is 43.3 Å². The molecule has 0 aliphatic carbocycles. The summed E-state index contributed by atoms with van der Waals surface area (Å²) in [4.78, 5) is 15.7. The average molecular weight is 367 g/mol. The van der Waals surface area contributed by atoms with E-state index < -0.39 is 5.97 Å². The standard InChI is InChI=1S/C21H21NO3S/c1-2-10-25-18-8-4-6-16(13-18)15-5-3-7-17(12-15)19(14-20(23)24)21-22-9-11-26-21/h3-9,11-13,19H,2,10,14H2,1H3,(H,23,24). The maximum atomic E-state index is 11.3. The van der Waals surface area contributed by atoms with E-state index in [0.29, 0.717) is 6.61 Å². The van der Waals surface area contributed by atoms with Crippen molar-refractivity contribution in [3.8, 4) is 16.9 Å². The Hall–Kier alpha value is -2.66. The number of thiazole rings is 1. The molecule has 0 radical (unpaired) electrons. The molecular weight excluding hydrogens is 346 g/mol. The summed E-state index contributed by atoms with van der Waals surface area (Å²) in [5.41, 5.74) is 3.05. The Labute approximate surface area is 157 Å². The Morgan fingerprint density at radius 1 is 1.19 bits per heavy atom. The largest absolute Gasteiger partial charge is 0.494 e. The molecule has 5 heteroatoms. The van der Waals surface area contributed by atoms with Gasteiger partial charge in [-0.2, -0.15) is 0 Å². The summed E-state index contributed by atoms with van der Waals surface area (Å²) in [5.74, 6) is -0.227. The molecule has 0 aliphatic heterocycles. The molecular formula is C21H21NO3S. The second kappa shape index (κ2) is 8.63. The number of hydrogen-bond donors (Lipinski definition) is 1. The summed E-state index contributed by atoms with van der Waals surface area (Å²) in [6.07, 6.45) is 2.70. The molecule has 1 unspecified atom stereocenters. The SMILES string of the molecule is CCCOc1cccc(-c2cccc(C(CC(=O)O)c3nccs3)c2)c1. The van der Waals surface area contributed by atoms with Crippen molar-refractivity contribution in [1.82, 2.24) is 4.98 Å². The zero-order valence-corrected chi connectivity index (χ0v) is 15.4. The lowest BCUT2D eigenvalue weighted by atomic mass is 9.93. The number of aliphatic carboxylic acids is 1. The zero-order chi connectivity index (χ0) is 18.4. The van der Waals surface area contributed by atoms with Crippen LogP contribution in [0.3, 0.4) is 0 Å². The average Bonchev–Trinajstić information content (AvgIpc) is 3.19. The van der Waals surface area contributed by atoms with E-state index in [1.807, 2.05) is 53.9 Å². The van der Waals surface area contributed by atoms with Gasteiger partial charge in [-0.3, -0.25) is 4.79 Å². The number of hydrogen-bond acceptors (Lipinski definition) is 4. The lowest BCUT2D eigenvalue weighted by molar-refractivity contribution is -0.137. The van der Waals surface area contributed by atoms with Crippen molar-refractivity contribution in [2.24, 2.45) is 0 Å². The molecule has 1 atom stereocenters. The lowest BCUT2D eigenvalue weighted by Crippen LogP contribution is -2.07. The maximum Gasteiger partial charge on any atom is 0.304 e. The van der Waals surface area contributed by atoms with Crippen LogP contribution in [0.2, 0.25) is 0 Å². The molecule has 1 aromatic heterocycles. The van der Waals surface area contributed by atoms with Gasteiger partial charge in [0.1, 0.15) is 10.8 Å². The molecule has 0 aliphatic rings. The molecule has 0 saturated carbocycles. The first-order valence-electron chi connectivity index (χ1n) is 8.61. The quantitative estimate of drug-likeness (QED) is 0.594. The number of rotatable bonds is 8. The Balaban J connectivity index is 1.93. The highest BCUT2D eigenvalue weighted by atomic mass is 32.1. The Morgan fingerprint density at radius 3 is 2.65 bits per heavy atom. The topological polar surface area (TPSA) is 59.4 Å². The van der Waals surface area contributed by atoms with Crippen LogP contribution in [0.25, 0.3) is 11.1 Å². The predicted octanol–water partition coefficient (Wildman–Crippen LogP) is 5.21. The van der Waals surface area contributed by atoms with E-state index in [2.05, 4.69) is 11.9 Å². The number of carboxylic acid groups (broad SMARTS) is 1. The van der Waals surface area contributed by atoms with Crippen LogP contribution in [0, 0.1) is 0 Å². The van der Waals surface area contributed by atoms with Crippen LogP contribution >= 0.6 is 11.3 Å². The Morgan fingerprint density at radius 2 is 1.96 bits per heavy atom. The van der Waals surface area contributed by atoms with Gasteiger partial charge in [0.15, 0.2) is 0 Å². The van der Waals surface area contributed by atoms with Gasteiger partial charge in [0, 0.05) is 17.5 Å². The van der Waals surface area contributed by atoms with Crippen molar-refractivity contribution >= 4 is 17.3 Å². The summed E-state index contributed by atoms with van der Waals surface area (Å²) < 4.78 is 5.72. The fraction of sp³-hybridized carbons (Fsp3) is 0.238. The normalized spacial score (nSPS) is 11.9. The third kappa shape index (κ3) is 4.49. The van der Waals surface area contributed by atoms with E-state index in [9.17, 15) is 9.90 Å². The van der Waals surface area contributed by atoms with E-state index in [1.165, 1.54) is 11.3 Å². The summed E-state index contributed by atoms with van der Waals surface area (Å²) in [7, 11) is 0. The van der Waals surface area contributed by atoms with Gasteiger partial charge < -0.3 is 9.84 Å². The Bertz CT molecular complexity index is 861. The van der Waals surface area contributed by atoms with Crippen LogP contribution in [-0.4, -0.2) is 22.7 Å². The molecule has 3 rings (SSSR count). The van der Waals surface area contributed by atoms with Gasteiger partial charge in [-0.15, -0.1) is 11.3 Å². The van der Waals surface area contributed by atoms with Crippen molar-refractivity contribution in [3.05, 3.63) is 70.7 Å². The van der Waals surface area contributed by atoms with Crippen LogP contribution in [0.5, 0.6) is 5.75 Å². The number of nitrogens with zero attached hydrogens (tertiary/aromatic N) is 1. The molecule has 4 nitrogen and oxygen atoms in total. The van der Waals surface area contributed by atoms with Crippen LogP contribution in [0.1, 0.15) is 36.3 Å². The summed E-state index contributed by atoms with van der Waals surface area (Å²) in [5, 5.41) is 12.0. The van der Waals surface area contributed by atoms with Crippen molar-refractivity contribution in [2.45, 2.75) is 25.7 Å². The van der Waals surface area contributed by atoms with Crippen molar-refractivity contribution in [3.63, 3.8) is 0 Å². The highest BCUT2D eigenvalue weighted by Crippen LogP contribution is 2.33. The van der Waals surface area contributed by atoms with Gasteiger partial charge in [-0.05, 0) is 35.2 Å². The van der Waals surface area contributed by atoms with Crippen LogP contribution < -0.4 is 4.74 Å². The van der Waals surface area contributed by atoms with Crippen LogP contribution in [0.4, 0.5) is 0 Å². The zero-order valence-electron chi connectivity index (χ0n) is 14.6. The first-order chi connectivity index (χ1) is 12.7. The molecule has 26 heavy (non-hydrogen) atoms. The van der Waals surface area contributed by atoms with Crippen molar-refractivity contribution in [2.75, 3.05) is 6.61 Å². The van der Waals surface area contributed by atoms with Gasteiger partial charge in [0.2, 0.25) is 0 Å². The predicted molar refractivity (Wildman–Crippen MR) is 104 cm³/mol. The van der Waals surface area contributed by atoms with Crippen LogP contribution in [-0.2, 0) is 4.79 Å². The smallest absolute Gasteiger partial charge is 0.304 e. The van der Waals surface area contributed by atoms with Gasteiger partial charge in [-0.25, -0.2) is 4.98 Å². The Kier molecular flexibility index (Phi) is 6.02. The molecule has 3 aromatic rings. The molecule has 0 amide bonds. The number of benzene rings is 2. The van der Waals surface area contributed by atoms with Gasteiger partial charge >= 0.3 is 5.97 Å². The van der Waals surface area contributed by atoms with Crippen molar-refractivity contribution in [1.29, 1.82) is 0 Å². The number of carbonyl (C=O) groups is 1. The molecule has 2 aromatic carbocycles. The van der Waals surface area contributed by atoms with E-state index in [1.54, 1.807) is 6.20 Å². The van der Waals surface area contributed by atoms with Gasteiger partial charge in [0.05, 0.1) is 13.0 Å². The lowest BCUT2D eigenvalue weighted by Gasteiger charge is -2.14. The highest BCUT2D eigenvalue weighted by molar-refractivity contribution is 7.09. The molecule has 0 saturated heterocycles. The minimum Gasteiger partial charge on any atom is -0.494 e. The van der Waals surface area contributed by atoms with E-state index >= 15 is 0 Å². The second-order valence-electron chi connectivity index (χ2n) is 6.02. The maximum absolute atomic E-state index is 11.3. The summed E-state index contributed by atoms with van der Waals surface area (Å²) >= 11 is 1.49. The molecule has 134 valence electrons. The first kappa shape index (κ1) is 18.1. The fourth-order valence-corrected chi connectivity index (χ4v) is 3.62. The number of aromatic nitrogens is 1. The summed E-state index contributed by atoms with van der Waals surface area (Å²) in [6.45, 7) is 2.77. The molecule has 0 fully saturated rings. The molecule has 0 spiro atoms. The van der Waals surface area contributed by atoms with E-state index in [4.69, 9.17) is 4.74 Å². The first-order valence-corrected chi connectivity index (χ1v) is 9.49. The molecule has 0 bridgehead atoms. The molecule has 1 N–H and O–H groups in total. The monoisotopic (exact) mass is 367 g/mol. The number of carboxylic acids is 1. The van der Waals surface area contributed by atoms with Gasteiger partial charge in [0.25, 0.3) is 0 Å². The third-order valence-corrected chi connectivity index (χ3v) is 4.95. The third-order valence-electron chi connectivity index (χ3n) is 4.06. The van der Waals surface area contributed by atoms with Crippen molar-refractivity contribution < 1.29 is 14.6 Å². The van der Waals surface area contributed by atoms with E-state index in [0.717, 1.165) is 33.9 Å². The number of ether oxygens (including phenoxy) is 1. The summed E-state index contributed by atoms with van der Waals surface area (Å²) in [6, 6.07) is 16.0. The second-order valence-corrected chi connectivity index (χ2v) is 6.95. The van der Waals surface area contributed by atoms with E-state index in [-0.39, 0.29) is 12.3 Å². The van der Waals surface area contributed by atoms with Crippen LogP contribution in [0.15, 0.2) is 60.1 Å².